The number of pyridine rings is 1. The van der Waals surface area contributed by atoms with E-state index < -0.39 is 0 Å². The number of piperazine rings is 1. The van der Waals surface area contributed by atoms with Crippen molar-refractivity contribution in [2.24, 2.45) is 0 Å². The SMILES string of the molecule is CC(=O)N1CCN(c2cc(C(C)(C)C)nc(SCc3ccc(C(=O)NCc4cccnc4)cc3)n2)CC1. The van der Waals surface area contributed by atoms with Crippen LogP contribution in [0, 0.1) is 0 Å². The highest BCUT2D eigenvalue weighted by Crippen LogP contribution is 2.29. The van der Waals surface area contributed by atoms with Crippen molar-refractivity contribution in [3.63, 3.8) is 0 Å². The molecule has 1 fully saturated rings. The number of nitrogens with one attached hydrogen (secondary N) is 1. The summed E-state index contributed by atoms with van der Waals surface area (Å²) in [5, 5.41) is 3.66. The molecule has 1 aromatic carbocycles. The Hall–Kier alpha value is -3.46. The Bertz CT molecular complexity index is 1220. The van der Waals surface area contributed by atoms with Gasteiger partial charge in [-0.3, -0.25) is 14.6 Å². The first-order valence-corrected chi connectivity index (χ1v) is 13.5. The van der Waals surface area contributed by atoms with Gasteiger partial charge in [0.25, 0.3) is 5.91 Å². The molecule has 0 radical (unpaired) electrons. The van der Waals surface area contributed by atoms with E-state index in [4.69, 9.17) is 9.97 Å². The number of carbonyl (C=O) groups excluding carboxylic acids is 2. The van der Waals surface area contributed by atoms with E-state index >= 15 is 0 Å². The van der Waals surface area contributed by atoms with Crippen molar-refractivity contribution in [1.29, 1.82) is 0 Å². The summed E-state index contributed by atoms with van der Waals surface area (Å²) in [6, 6.07) is 13.5. The van der Waals surface area contributed by atoms with Crippen molar-refractivity contribution in [1.82, 2.24) is 25.2 Å². The second-order valence-electron chi connectivity index (χ2n) is 10.2. The summed E-state index contributed by atoms with van der Waals surface area (Å²) in [5.41, 5.74) is 3.56. The van der Waals surface area contributed by atoms with Crippen molar-refractivity contribution in [2.45, 2.75) is 50.6 Å². The van der Waals surface area contributed by atoms with Gasteiger partial charge in [0.1, 0.15) is 5.82 Å². The predicted molar refractivity (Wildman–Crippen MR) is 147 cm³/mol. The number of rotatable bonds is 7. The van der Waals surface area contributed by atoms with Gasteiger partial charge in [0.05, 0.1) is 5.69 Å². The lowest BCUT2D eigenvalue weighted by Crippen LogP contribution is -2.48. The van der Waals surface area contributed by atoms with Crippen LogP contribution in [0.1, 0.15) is 54.9 Å². The maximum Gasteiger partial charge on any atom is 0.251 e. The summed E-state index contributed by atoms with van der Waals surface area (Å²) in [4.78, 5) is 42.1. The van der Waals surface area contributed by atoms with E-state index in [-0.39, 0.29) is 17.2 Å². The first kappa shape index (κ1) is 26.6. The molecule has 3 aromatic rings. The van der Waals surface area contributed by atoms with Gasteiger partial charge in [-0.2, -0.15) is 0 Å². The smallest absolute Gasteiger partial charge is 0.251 e. The van der Waals surface area contributed by atoms with E-state index in [1.165, 1.54) is 0 Å². The van der Waals surface area contributed by atoms with Crippen molar-refractivity contribution < 1.29 is 9.59 Å². The maximum absolute atomic E-state index is 12.5. The zero-order chi connectivity index (χ0) is 26.4. The monoisotopic (exact) mass is 518 g/mol. The highest BCUT2D eigenvalue weighted by Gasteiger charge is 2.23. The quantitative estimate of drug-likeness (QED) is 0.373. The predicted octanol–water partition coefficient (Wildman–Crippen LogP) is 4.06. The van der Waals surface area contributed by atoms with Crippen LogP contribution in [-0.2, 0) is 22.5 Å². The second-order valence-corrected chi connectivity index (χ2v) is 11.1. The van der Waals surface area contributed by atoms with Gasteiger partial charge < -0.3 is 15.1 Å². The van der Waals surface area contributed by atoms with Gasteiger partial charge in [0.15, 0.2) is 5.16 Å². The number of aromatic nitrogens is 3. The van der Waals surface area contributed by atoms with E-state index in [9.17, 15) is 9.59 Å². The molecule has 3 heterocycles. The van der Waals surface area contributed by atoms with Gasteiger partial charge in [-0.05, 0) is 29.3 Å². The molecule has 37 heavy (non-hydrogen) atoms. The van der Waals surface area contributed by atoms with Crippen molar-refractivity contribution in [3.05, 3.63) is 77.2 Å². The topological polar surface area (TPSA) is 91.3 Å². The Morgan fingerprint density at radius 3 is 2.35 bits per heavy atom. The molecule has 0 spiro atoms. The number of thioether (sulfide) groups is 1. The van der Waals surface area contributed by atoms with Crippen molar-refractivity contribution >= 4 is 29.4 Å². The fraction of sp³-hybridized carbons (Fsp3) is 0.393. The summed E-state index contributed by atoms with van der Waals surface area (Å²) in [7, 11) is 0. The number of nitrogens with zero attached hydrogens (tertiary/aromatic N) is 5. The molecule has 0 atom stereocenters. The number of amides is 2. The molecule has 194 valence electrons. The Labute approximate surface area is 222 Å². The number of carbonyl (C=O) groups is 2. The molecular formula is C28H34N6O2S. The van der Waals surface area contributed by atoms with Gasteiger partial charge in [-0.1, -0.05) is 50.7 Å². The normalized spacial score (nSPS) is 13.9. The first-order valence-electron chi connectivity index (χ1n) is 12.5. The van der Waals surface area contributed by atoms with Crippen LogP contribution < -0.4 is 10.2 Å². The molecule has 0 aliphatic carbocycles. The highest BCUT2D eigenvalue weighted by atomic mass is 32.2. The van der Waals surface area contributed by atoms with Crippen LogP contribution in [0.3, 0.4) is 0 Å². The Balaban J connectivity index is 1.40. The van der Waals surface area contributed by atoms with Crippen molar-refractivity contribution in [3.8, 4) is 0 Å². The largest absolute Gasteiger partial charge is 0.353 e. The number of hydrogen-bond acceptors (Lipinski definition) is 7. The van der Waals surface area contributed by atoms with Crippen LogP contribution in [0.2, 0.25) is 0 Å². The zero-order valence-corrected chi connectivity index (χ0v) is 22.7. The molecule has 1 saturated heterocycles. The van der Waals surface area contributed by atoms with Gasteiger partial charge in [-0.15, -0.1) is 0 Å². The summed E-state index contributed by atoms with van der Waals surface area (Å²) >= 11 is 1.59. The third kappa shape index (κ3) is 7.29. The Morgan fingerprint density at radius 1 is 1.00 bits per heavy atom. The lowest BCUT2D eigenvalue weighted by atomic mass is 9.92. The van der Waals surface area contributed by atoms with Gasteiger partial charge in [0, 0.05) is 74.8 Å². The minimum Gasteiger partial charge on any atom is -0.353 e. The van der Waals surface area contributed by atoms with Gasteiger partial charge in [0.2, 0.25) is 5.91 Å². The number of benzene rings is 1. The van der Waals surface area contributed by atoms with Crippen LogP contribution in [0.25, 0.3) is 0 Å². The average molecular weight is 519 g/mol. The first-order chi connectivity index (χ1) is 17.7. The van der Waals surface area contributed by atoms with Gasteiger partial charge >= 0.3 is 0 Å². The fourth-order valence-corrected chi connectivity index (χ4v) is 4.77. The summed E-state index contributed by atoms with van der Waals surface area (Å²) in [6.45, 7) is 11.4. The van der Waals surface area contributed by atoms with E-state index in [0.717, 1.165) is 40.9 Å². The molecule has 1 N–H and O–H groups in total. The average Bonchev–Trinajstić information content (AvgIpc) is 2.91. The molecule has 2 amide bonds. The van der Waals surface area contributed by atoms with Crippen LogP contribution in [0.4, 0.5) is 5.82 Å². The standard InChI is InChI=1S/C28H34N6O2S/c1-20(35)33-12-14-34(15-13-33)25-16-24(28(2,3)4)31-27(32-25)37-19-21-7-9-23(10-8-21)26(36)30-18-22-6-5-11-29-17-22/h5-11,16-17H,12-15,18-19H2,1-4H3,(H,30,36). The van der Waals surface area contributed by atoms with E-state index in [1.807, 2.05) is 41.3 Å². The molecule has 8 nitrogen and oxygen atoms in total. The molecule has 0 saturated carbocycles. The molecular weight excluding hydrogens is 484 g/mol. The van der Waals surface area contributed by atoms with E-state index in [0.29, 0.717) is 31.0 Å². The molecule has 1 aliphatic rings. The van der Waals surface area contributed by atoms with Crippen LogP contribution >= 0.6 is 11.8 Å². The molecule has 0 bridgehead atoms. The Kier molecular flexibility index (Phi) is 8.43. The molecule has 4 rings (SSSR count). The maximum atomic E-state index is 12.5. The lowest BCUT2D eigenvalue weighted by Gasteiger charge is -2.35. The van der Waals surface area contributed by atoms with Crippen LogP contribution in [0.15, 0.2) is 60.0 Å². The fourth-order valence-electron chi connectivity index (χ4n) is 3.96. The second kappa shape index (κ2) is 11.7. The highest BCUT2D eigenvalue weighted by molar-refractivity contribution is 7.98. The number of anilines is 1. The lowest BCUT2D eigenvalue weighted by molar-refractivity contribution is -0.129. The minimum absolute atomic E-state index is 0.112. The third-order valence-electron chi connectivity index (χ3n) is 6.27. The van der Waals surface area contributed by atoms with E-state index in [1.54, 1.807) is 31.1 Å². The molecule has 2 aromatic heterocycles. The summed E-state index contributed by atoms with van der Waals surface area (Å²) in [6.07, 6.45) is 3.46. The molecule has 1 aliphatic heterocycles. The van der Waals surface area contributed by atoms with Crippen LogP contribution in [-0.4, -0.2) is 57.8 Å². The van der Waals surface area contributed by atoms with E-state index in [2.05, 4.69) is 42.0 Å². The summed E-state index contributed by atoms with van der Waals surface area (Å²) < 4.78 is 0. The Morgan fingerprint density at radius 2 is 1.73 bits per heavy atom. The summed E-state index contributed by atoms with van der Waals surface area (Å²) in [5.74, 6) is 1.61. The molecule has 9 heteroatoms. The van der Waals surface area contributed by atoms with Crippen LogP contribution in [0.5, 0.6) is 0 Å². The minimum atomic E-state index is -0.112. The zero-order valence-electron chi connectivity index (χ0n) is 21.9. The molecule has 0 unspecified atom stereocenters. The number of hydrogen-bond donors (Lipinski definition) is 1. The van der Waals surface area contributed by atoms with Crippen molar-refractivity contribution in [2.75, 3.05) is 31.1 Å². The third-order valence-corrected chi connectivity index (χ3v) is 7.19. The van der Waals surface area contributed by atoms with Gasteiger partial charge in [-0.25, -0.2) is 9.97 Å².